The van der Waals surface area contributed by atoms with E-state index in [4.69, 9.17) is 9.47 Å². The Morgan fingerprint density at radius 3 is 2.65 bits per heavy atom. The molecular formula is C17H20N2O6S. The SMILES string of the molecule is O=C(O)c1cc2c(s1)C1(CCN(C(=O)CN3CCOC3=O)CC1)OCC2. The maximum Gasteiger partial charge on any atom is 0.410 e. The number of carbonyl (C=O) groups excluding carboxylic acids is 2. The van der Waals surface area contributed by atoms with Gasteiger partial charge in [0.15, 0.2) is 0 Å². The van der Waals surface area contributed by atoms with Crippen LogP contribution in [0.1, 0.15) is 33.0 Å². The third kappa shape index (κ3) is 2.95. The van der Waals surface area contributed by atoms with E-state index in [9.17, 15) is 19.5 Å². The van der Waals surface area contributed by atoms with Gasteiger partial charge in [0.05, 0.1) is 13.2 Å². The number of hydrogen-bond acceptors (Lipinski definition) is 6. The predicted octanol–water partition coefficient (Wildman–Crippen LogP) is 1.29. The van der Waals surface area contributed by atoms with Crippen LogP contribution in [-0.4, -0.2) is 72.3 Å². The van der Waals surface area contributed by atoms with Crippen molar-refractivity contribution in [3.63, 3.8) is 0 Å². The van der Waals surface area contributed by atoms with Crippen LogP contribution in [0.3, 0.4) is 0 Å². The minimum absolute atomic E-state index is 0.0418. The van der Waals surface area contributed by atoms with E-state index in [2.05, 4.69) is 0 Å². The predicted molar refractivity (Wildman–Crippen MR) is 91.3 cm³/mol. The number of fused-ring (bicyclic) bond motifs is 2. The summed E-state index contributed by atoms with van der Waals surface area (Å²) in [6.45, 7) is 2.44. The zero-order valence-corrected chi connectivity index (χ0v) is 15.0. The Labute approximate surface area is 154 Å². The van der Waals surface area contributed by atoms with Gasteiger partial charge in [0.1, 0.15) is 23.6 Å². The van der Waals surface area contributed by atoms with Crippen LogP contribution in [-0.2, 0) is 26.3 Å². The summed E-state index contributed by atoms with van der Waals surface area (Å²) in [5.41, 5.74) is 0.563. The van der Waals surface area contributed by atoms with E-state index in [1.165, 1.54) is 16.2 Å². The van der Waals surface area contributed by atoms with Crippen LogP contribution in [0, 0.1) is 0 Å². The van der Waals surface area contributed by atoms with Crippen molar-refractivity contribution in [2.75, 3.05) is 39.4 Å². The molecule has 0 aromatic carbocycles. The molecule has 2 saturated heterocycles. The Hall–Kier alpha value is -2.13. The second kappa shape index (κ2) is 6.55. The number of nitrogens with zero attached hydrogens (tertiary/aromatic N) is 2. The highest BCUT2D eigenvalue weighted by atomic mass is 32.1. The van der Waals surface area contributed by atoms with Gasteiger partial charge >= 0.3 is 12.1 Å². The average molecular weight is 380 g/mol. The molecule has 4 heterocycles. The Morgan fingerprint density at radius 1 is 1.23 bits per heavy atom. The molecule has 0 atom stereocenters. The molecule has 1 aromatic rings. The number of aromatic carboxylic acids is 1. The number of hydrogen-bond donors (Lipinski definition) is 1. The molecule has 1 aromatic heterocycles. The zero-order chi connectivity index (χ0) is 18.3. The van der Waals surface area contributed by atoms with Crippen molar-refractivity contribution in [1.29, 1.82) is 0 Å². The van der Waals surface area contributed by atoms with Crippen molar-refractivity contribution in [3.05, 3.63) is 21.4 Å². The second-order valence-corrected chi connectivity index (χ2v) is 7.83. The van der Waals surface area contributed by atoms with Crippen molar-refractivity contribution in [1.82, 2.24) is 9.80 Å². The molecule has 3 aliphatic rings. The van der Waals surface area contributed by atoms with Gasteiger partial charge in [-0.3, -0.25) is 9.69 Å². The van der Waals surface area contributed by atoms with Gasteiger partial charge in [0, 0.05) is 18.0 Å². The summed E-state index contributed by atoms with van der Waals surface area (Å²) in [6, 6.07) is 1.75. The van der Waals surface area contributed by atoms with Crippen LogP contribution in [0.4, 0.5) is 4.79 Å². The molecule has 0 radical (unpaired) electrons. The van der Waals surface area contributed by atoms with Crippen LogP contribution in [0.5, 0.6) is 0 Å². The fourth-order valence-corrected chi connectivity index (χ4v) is 5.10. The van der Waals surface area contributed by atoms with E-state index < -0.39 is 17.7 Å². The molecule has 140 valence electrons. The Kier molecular flexibility index (Phi) is 4.36. The molecule has 2 amide bonds. The van der Waals surface area contributed by atoms with Gasteiger partial charge in [0.2, 0.25) is 5.91 Å². The van der Waals surface area contributed by atoms with Crippen molar-refractivity contribution in [3.8, 4) is 0 Å². The largest absolute Gasteiger partial charge is 0.477 e. The van der Waals surface area contributed by atoms with Gasteiger partial charge in [-0.2, -0.15) is 0 Å². The van der Waals surface area contributed by atoms with E-state index in [-0.39, 0.29) is 12.5 Å². The molecule has 8 nitrogen and oxygen atoms in total. The third-order valence-electron chi connectivity index (χ3n) is 5.28. The molecule has 0 aliphatic carbocycles. The number of thiophene rings is 1. The van der Waals surface area contributed by atoms with E-state index in [0.717, 1.165) is 16.9 Å². The lowest BCUT2D eigenvalue weighted by Crippen LogP contribution is -2.50. The van der Waals surface area contributed by atoms with E-state index in [1.807, 2.05) is 0 Å². The van der Waals surface area contributed by atoms with Crippen molar-refractivity contribution >= 4 is 29.3 Å². The van der Waals surface area contributed by atoms with Gasteiger partial charge < -0.3 is 19.5 Å². The van der Waals surface area contributed by atoms with Crippen molar-refractivity contribution < 1.29 is 29.0 Å². The lowest BCUT2D eigenvalue weighted by molar-refractivity contribution is -0.140. The number of cyclic esters (lactones) is 1. The van der Waals surface area contributed by atoms with Crippen LogP contribution in [0.25, 0.3) is 0 Å². The van der Waals surface area contributed by atoms with Crippen LogP contribution in [0.2, 0.25) is 0 Å². The fourth-order valence-electron chi connectivity index (χ4n) is 3.85. The van der Waals surface area contributed by atoms with E-state index in [1.54, 1.807) is 11.0 Å². The Bertz CT molecular complexity index is 752. The Balaban J connectivity index is 1.44. The van der Waals surface area contributed by atoms with Crippen molar-refractivity contribution in [2.45, 2.75) is 24.9 Å². The minimum Gasteiger partial charge on any atom is -0.477 e. The van der Waals surface area contributed by atoms with Gasteiger partial charge in [-0.05, 0) is 30.9 Å². The number of carboxylic acid groups (broad SMARTS) is 1. The molecule has 1 N–H and O–H groups in total. The summed E-state index contributed by atoms with van der Waals surface area (Å²) in [5.74, 6) is -1.00. The molecule has 2 fully saturated rings. The normalized spacial score (nSPS) is 21.6. The van der Waals surface area contributed by atoms with Gasteiger partial charge in [-0.15, -0.1) is 11.3 Å². The number of ether oxygens (including phenoxy) is 2. The van der Waals surface area contributed by atoms with Gasteiger partial charge in [0.25, 0.3) is 0 Å². The summed E-state index contributed by atoms with van der Waals surface area (Å²) in [4.78, 5) is 39.8. The number of carbonyl (C=O) groups is 3. The maximum absolute atomic E-state index is 12.5. The highest BCUT2D eigenvalue weighted by molar-refractivity contribution is 7.14. The lowest BCUT2D eigenvalue weighted by Gasteiger charge is -2.43. The van der Waals surface area contributed by atoms with Gasteiger partial charge in [-0.1, -0.05) is 0 Å². The molecule has 0 unspecified atom stereocenters. The van der Waals surface area contributed by atoms with Crippen LogP contribution >= 0.6 is 11.3 Å². The summed E-state index contributed by atoms with van der Waals surface area (Å²) >= 11 is 1.29. The average Bonchev–Trinajstić information content (AvgIpc) is 3.23. The first kappa shape index (κ1) is 17.3. The lowest BCUT2D eigenvalue weighted by atomic mass is 9.85. The number of likely N-dealkylation sites (tertiary alicyclic amines) is 1. The van der Waals surface area contributed by atoms with E-state index in [0.29, 0.717) is 50.6 Å². The molecule has 26 heavy (non-hydrogen) atoms. The van der Waals surface area contributed by atoms with E-state index >= 15 is 0 Å². The second-order valence-electron chi connectivity index (χ2n) is 6.78. The summed E-state index contributed by atoms with van der Waals surface area (Å²) < 4.78 is 11.0. The number of amides is 2. The quantitative estimate of drug-likeness (QED) is 0.849. The molecular weight excluding hydrogens is 360 g/mol. The van der Waals surface area contributed by atoms with Crippen LogP contribution in [0.15, 0.2) is 6.07 Å². The minimum atomic E-state index is -0.912. The standard InChI is InChI=1S/C17H20N2O6S/c20-13(10-19-6-8-24-16(19)23)18-4-2-17(3-5-18)14-11(1-7-25-17)9-12(26-14)15(21)22/h9H,1-8,10H2,(H,21,22). The molecule has 0 bridgehead atoms. The summed E-state index contributed by atoms with van der Waals surface area (Å²) in [5, 5.41) is 9.27. The zero-order valence-electron chi connectivity index (χ0n) is 14.2. The summed E-state index contributed by atoms with van der Waals surface area (Å²) in [6.07, 6.45) is 1.55. The fraction of sp³-hybridized carbons (Fsp3) is 0.588. The molecule has 9 heteroatoms. The number of rotatable bonds is 3. The molecule has 0 saturated carbocycles. The first-order chi connectivity index (χ1) is 12.5. The molecule has 4 rings (SSSR count). The monoisotopic (exact) mass is 380 g/mol. The summed E-state index contributed by atoms with van der Waals surface area (Å²) in [7, 11) is 0. The van der Waals surface area contributed by atoms with Crippen molar-refractivity contribution in [2.24, 2.45) is 0 Å². The maximum atomic E-state index is 12.5. The van der Waals surface area contributed by atoms with Gasteiger partial charge in [-0.25, -0.2) is 9.59 Å². The first-order valence-electron chi connectivity index (χ1n) is 8.68. The smallest absolute Gasteiger partial charge is 0.410 e. The molecule has 3 aliphatic heterocycles. The number of piperidine rings is 1. The third-order valence-corrected chi connectivity index (χ3v) is 6.63. The Morgan fingerprint density at radius 2 is 2.00 bits per heavy atom. The topological polar surface area (TPSA) is 96.4 Å². The number of carboxylic acids is 1. The highest BCUT2D eigenvalue weighted by Crippen LogP contribution is 2.45. The molecule has 1 spiro atoms. The van der Waals surface area contributed by atoms with Crippen LogP contribution < -0.4 is 0 Å². The highest BCUT2D eigenvalue weighted by Gasteiger charge is 2.43. The first-order valence-corrected chi connectivity index (χ1v) is 9.50.